The molecular formula is C19H19NO3S2. The summed E-state index contributed by atoms with van der Waals surface area (Å²) in [7, 11) is 0. The van der Waals surface area contributed by atoms with Crippen LogP contribution < -0.4 is 5.32 Å². The van der Waals surface area contributed by atoms with Gasteiger partial charge < -0.3 is 14.8 Å². The summed E-state index contributed by atoms with van der Waals surface area (Å²) in [5.41, 5.74) is -0.164. The zero-order chi connectivity index (χ0) is 17.5. The fourth-order valence-electron chi connectivity index (χ4n) is 2.44. The number of rotatable bonds is 8. The van der Waals surface area contributed by atoms with Gasteiger partial charge in [0.05, 0.1) is 18.6 Å². The van der Waals surface area contributed by atoms with Crippen LogP contribution in [-0.4, -0.2) is 23.3 Å². The highest BCUT2D eigenvalue weighted by Gasteiger charge is 2.36. The van der Waals surface area contributed by atoms with Gasteiger partial charge in [-0.1, -0.05) is 36.4 Å². The molecule has 0 saturated carbocycles. The van der Waals surface area contributed by atoms with E-state index in [0.29, 0.717) is 11.5 Å². The number of nitrogens with one attached hydrogen (secondary N) is 1. The van der Waals surface area contributed by atoms with E-state index in [4.69, 9.17) is 4.42 Å². The second-order valence-corrected chi connectivity index (χ2v) is 7.50. The van der Waals surface area contributed by atoms with Crippen molar-refractivity contribution >= 4 is 29.0 Å². The molecule has 1 unspecified atom stereocenters. The number of hydrogen-bond donors (Lipinski definition) is 2. The third-order valence-corrected chi connectivity index (χ3v) is 5.77. The Morgan fingerprint density at radius 1 is 1.16 bits per heavy atom. The van der Waals surface area contributed by atoms with Gasteiger partial charge >= 0.3 is 0 Å². The number of carbonyl (C=O) groups excluding carboxylic acids is 1. The second-order valence-electron chi connectivity index (χ2n) is 5.57. The summed E-state index contributed by atoms with van der Waals surface area (Å²) in [4.78, 5) is 12.9. The molecule has 130 valence electrons. The smallest absolute Gasteiger partial charge is 0.230 e. The normalized spacial score (nSPS) is 13.3. The summed E-state index contributed by atoms with van der Waals surface area (Å²) in [5, 5.41) is 15.8. The lowest BCUT2D eigenvalue weighted by Crippen LogP contribution is -2.41. The van der Waals surface area contributed by atoms with E-state index in [9.17, 15) is 9.90 Å². The van der Waals surface area contributed by atoms with Gasteiger partial charge in [0.2, 0.25) is 5.91 Å². The largest absolute Gasteiger partial charge is 0.466 e. The number of aliphatic hydroxyl groups is 1. The third-order valence-electron chi connectivity index (χ3n) is 3.74. The molecule has 1 atom stereocenters. The molecule has 2 aromatic heterocycles. The Labute approximate surface area is 154 Å². The van der Waals surface area contributed by atoms with Gasteiger partial charge in [-0.2, -0.15) is 0 Å². The predicted octanol–water partition coefficient (Wildman–Crippen LogP) is 3.63. The Morgan fingerprint density at radius 2 is 2.00 bits per heavy atom. The maximum absolute atomic E-state index is 12.1. The molecule has 6 heteroatoms. The molecule has 0 aliphatic rings. The fourth-order valence-corrected chi connectivity index (χ4v) is 4.08. The lowest BCUT2D eigenvalue weighted by atomic mass is 9.98. The molecule has 0 saturated heterocycles. The van der Waals surface area contributed by atoms with Crippen molar-refractivity contribution in [2.45, 2.75) is 11.4 Å². The van der Waals surface area contributed by atoms with Crippen LogP contribution >= 0.6 is 23.1 Å². The van der Waals surface area contributed by atoms with Gasteiger partial charge in [-0.3, -0.25) is 4.79 Å². The van der Waals surface area contributed by atoms with Crippen LogP contribution in [0.4, 0.5) is 0 Å². The van der Waals surface area contributed by atoms with E-state index in [1.54, 1.807) is 23.9 Å². The highest BCUT2D eigenvalue weighted by Crippen LogP contribution is 2.32. The summed E-state index contributed by atoms with van der Waals surface area (Å²) >= 11 is 2.97. The van der Waals surface area contributed by atoms with Crippen molar-refractivity contribution < 1.29 is 14.3 Å². The van der Waals surface area contributed by atoms with Crippen LogP contribution in [0.1, 0.15) is 16.2 Å². The predicted molar refractivity (Wildman–Crippen MR) is 102 cm³/mol. The first-order valence-electron chi connectivity index (χ1n) is 7.87. The Morgan fingerprint density at radius 3 is 2.68 bits per heavy atom. The Bertz CT molecular complexity index is 736. The van der Waals surface area contributed by atoms with E-state index in [1.807, 2.05) is 47.8 Å². The van der Waals surface area contributed by atoms with Crippen molar-refractivity contribution in [2.24, 2.45) is 0 Å². The van der Waals surface area contributed by atoms with Gasteiger partial charge in [-0.05, 0) is 29.1 Å². The molecule has 4 nitrogen and oxygen atoms in total. The Hall–Kier alpha value is -2.02. The molecule has 0 spiro atoms. The first-order valence-corrected chi connectivity index (χ1v) is 9.90. The van der Waals surface area contributed by atoms with Crippen LogP contribution in [0.25, 0.3) is 0 Å². The zero-order valence-corrected chi connectivity index (χ0v) is 15.2. The van der Waals surface area contributed by atoms with E-state index >= 15 is 0 Å². The SMILES string of the molecule is O=C(CSCc1ccccc1)NCC(O)(c1ccco1)c1cccs1. The molecule has 0 aliphatic carbocycles. The van der Waals surface area contributed by atoms with E-state index < -0.39 is 5.60 Å². The maximum Gasteiger partial charge on any atom is 0.230 e. The lowest BCUT2D eigenvalue weighted by Gasteiger charge is -2.25. The highest BCUT2D eigenvalue weighted by atomic mass is 32.2. The summed E-state index contributed by atoms with van der Waals surface area (Å²) < 4.78 is 5.39. The van der Waals surface area contributed by atoms with Crippen molar-refractivity contribution in [3.05, 3.63) is 82.4 Å². The first-order chi connectivity index (χ1) is 12.2. The highest BCUT2D eigenvalue weighted by molar-refractivity contribution is 7.99. The summed E-state index contributed by atoms with van der Waals surface area (Å²) in [6.07, 6.45) is 1.52. The summed E-state index contributed by atoms with van der Waals surface area (Å²) in [6, 6.07) is 17.2. The molecule has 0 fully saturated rings. The van der Waals surface area contributed by atoms with Crippen LogP contribution in [0.15, 0.2) is 70.7 Å². The minimum absolute atomic E-state index is 0.0752. The minimum Gasteiger partial charge on any atom is -0.466 e. The third kappa shape index (κ3) is 4.54. The van der Waals surface area contributed by atoms with Crippen LogP contribution in [0.3, 0.4) is 0 Å². The minimum atomic E-state index is -1.35. The van der Waals surface area contributed by atoms with E-state index in [1.165, 1.54) is 23.2 Å². The van der Waals surface area contributed by atoms with Crippen molar-refractivity contribution in [1.82, 2.24) is 5.32 Å². The Balaban J connectivity index is 1.55. The number of carbonyl (C=O) groups is 1. The average Bonchev–Trinajstić information content (AvgIpc) is 3.34. The van der Waals surface area contributed by atoms with Gasteiger partial charge in [0.25, 0.3) is 0 Å². The number of benzene rings is 1. The number of furan rings is 1. The van der Waals surface area contributed by atoms with Gasteiger partial charge in [-0.15, -0.1) is 23.1 Å². The number of thioether (sulfide) groups is 1. The summed E-state index contributed by atoms with van der Waals surface area (Å²) in [5.74, 6) is 1.43. The molecule has 2 N–H and O–H groups in total. The molecule has 0 radical (unpaired) electrons. The molecule has 25 heavy (non-hydrogen) atoms. The van der Waals surface area contributed by atoms with Gasteiger partial charge in [0, 0.05) is 10.6 Å². The number of hydrogen-bond acceptors (Lipinski definition) is 5. The average molecular weight is 373 g/mol. The summed E-state index contributed by atoms with van der Waals surface area (Å²) in [6.45, 7) is 0.0752. The van der Waals surface area contributed by atoms with E-state index in [0.717, 1.165) is 10.6 Å². The molecule has 3 aromatic rings. The van der Waals surface area contributed by atoms with Crippen molar-refractivity contribution in [1.29, 1.82) is 0 Å². The molecule has 3 rings (SSSR count). The zero-order valence-electron chi connectivity index (χ0n) is 13.6. The first kappa shape index (κ1) is 17.8. The topological polar surface area (TPSA) is 62.5 Å². The van der Waals surface area contributed by atoms with Crippen LogP contribution in [-0.2, 0) is 16.1 Å². The van der Waals surface area contributed by atoms with Crippen LogP contribution in [0.5, 0.6) is 0 Å². The quantitative estimate of drug-likeness (QED) is 0.633. The maximum atomic E-state index is 12.1. The molecule has 1 amide bonds. The monoisotopic (exact) mass is 373 g/mol. The van der Waals surface area contributed by atoms with Gasteiger partial charge in [0.1, 0.15) is 5.76 Å². The second kappa shape index (κ2) is 8.38. The molecule has 1 aromatic carbocycles. The van der Waals surface area contributed by atoms with Crippen LogP contribution in [0.2, 0.25) is 0 Å². The van der Waals surface area contributed by atoms with E-state index in [-0.39, 0.29) is 12.5 Å². The van der Waals surface area contributed by atoms with Gasteiger partial charge in [-0.25, -0.2) is 0 Å². The van der Waals surface area contributed by atoms with Gasteiger partial charge in [0.15, 0.2) is 5.60 Å². The molecular weight excluding hydrogens is 354 g/mol. The molecule has 2 heterocycles. The van der Waals surface area contributed by atoms with Crippen molar-refractivity contribution in [2.75, 3.05) is 12.3 Å². The number of thiophene rings is 1. The number of amides is 1. The molecule has 0 aliphatic heterocycles. The van der Waals surface area contributed by atoms with Crippen molar-refractivity contribution in [3.63, 3.8) is 0 Å². The standard InChI is InChI=1S/C19H19NO3S2/c21-18(13-24-12-15-6-2-1-3-7-15)20-14-19(22,16-8-4-10-23-16)17-9-5-11-25-17/h1-11,22H,12-14H2,(H,20,21). The fraction of sp³-hybridized carbons (Fsp3) is 0.211. The molecule has 0 bridgehead atoms. The van der Waals surface area contributed by atoms with Crippen LogP contribution in [0, 0.1) is 0 Å². The van der Waals surface area contributed by atoms with Crippen molar-refractivity contribution in [3.8, 4) is 0 Å². The Kier molecular flexibility index (Phi) is 5.96. The van der Waals surface area contributed by atoms with E-state index in [2.05, 4.69) is 5.32 Å². The lowest BCUT2D eigenvalue weighted by molar-refractivity contribution is -0.119.